The lowest BCUT2D eigenvalue weighted by Gasteiger charge is -2.41. The molecule has 3 aliphatic heterocycles. The number of halogens is 1. The van der Waals surface area contributed by atoms with Crippen LogP contribution in [0.15, 0.2) is 60.7 Å². The Bertz CT molecular complexity index is 1700. The smallest absolute Gasteiger partial charge is 0.264 e. The van der Waals surface area contributed by atoms with Crippen LogP contribution in [-0.2, 0) is 22.7 Å². The number of rotatable bonds is 7. The Hall–Kier alpha value is -4.72. The van der Waals surface area contributed by atoms with E-state index in [1.54, 1.807) is 30.3 Å². The van der Waals surface area contributed by atoms with Crippen LogP contribution in [0.4, 0.5) is 11.4 Å². The molecule has 3 aliphatic rings. The van der Waals surface area contributed by atoms with Crippen LogP contribution in [0.25, 0.3) is 0 Å². The third-order valence-electron chi connectivity index (χ3n) is 8.54. The Morgan fingerprint density at radius 2 is 1.77 bits per heavy atom. The van der Waals surface area contributed by atoms with Gasteiger partial charge in [0, 0.05) is 50.9 Å². The zero-order valence-electron chi connectivity index (χ0n) is 24.2. The minimum atomic E-state index is -1.00. The Morgan fingerprint density at radius 3 is 2.48 bits per heavy atom. The number of nitrogens with zero attached hydrogens (tertiary/aromatic N) is 4. The predicted molar refractivity (Wildman–Crippen MR) is 165 cm³/mol. The summed E-state index contributed by atoms with van der Waals surface area (Å²) in [6, 6.07) is 20.2. The van der Waals surface area contributed by atoms with Crippen molar-refractivity contribution in [1.82, 2.24) is 15.1 Å². The van der Waals surface area contributed by atoms with Gasteiger partial charge in [-0.1, -0.05) is 41.9 Å². The van der Waals surface area contributed by atoms with Gasteiger partial charge in [-0.3, -0.25) is 34.3 Å². The predicted octanol–water partition coefficient (Wildman–Crippen LogP) is 3.94. The van der Waals surface area contributed by atoms with E-state index in [0.717, 1.165) is 42.3 Å². The number of piperazine rings is 1. The fourth-order valence-corrected chi connectivity index (χ4v) is 6.44. The molecule has 0 radical (unpaired) electrons. The van der Waals surface area contributed by atoms with E-state index >= 15 is 0 Å². The van der Waals surface area contributed by atoms with Crippen molar-refractivity contribution >= 4 is 46.6 Å². The van der Waals surface area contributed by atoms with Gasteiger partial charge in [0.2, 0.25) is 11.8 Å². The van der Waals surface area contributed by atoms with Crippen LogP contribution < -0.4 is 15.5 Å². The molecular formula is C33H31ClN6O4. The molecule has 2 unspecified atom stereocenters. The summed E-state index contributed by atoms with van der Waals surface area (Å²) in [5.74, 6) is -2.09. The molecule has 224 valence electrons. The van der Waals surface area contributed by atoms with E-state index in [1.165, 1.54) is 5.56 Å². The zero-order valence-corrected chi connectivity index (χ0v) is 24.9. The van der Waals surface area contributed by atoms with E-state index < -0.39 is 29.7 Å². The molecule has 3 heterocycles. The third-order valence-corrected chi connectivity index (χ3v) is 8.84. The van der Waals surface area contributed by atoms with E-state index in [1.807, 2.05) is 18.2 Å². The van der Waals surface area contributed by atoms with Crippen LogP contribution >= 0.6 is 11.6 Å². The first-order valence-electron chi connectivity index (χ1n) is 14.6. The molecule has 0 bridgehead atoms. The van der Waals surface area contributed by atoms with Crippen LogP contribution in [-0.4, -0.2) is 65.1 Å². The molecule has 4 amide bonds. The number of benzene rings is 3. The fraction of sp³-hybridized carbons (Fsp3) is 0.303. The molecular weight excluding hydrogens is 580 g/mol. The number of carbonyl (C=O) groups is 4. The number of nitrogens with one attached hydrogen (secondary N) is 2. The van der Waals surface area contributed by atoms with Crippen LogP contribution in [0.1, 0.15) is 57.2 Å². The normalized spacial score (nSPS) is 20.4. The maximum atomic E-state index is 13.3. The minimum absolute atomic E-state index is 0.0769. The lowest BCUT2D eigenvalue weighted by atomic mass is 10.0. The summed E-state index contributed by atoms with van der Waals surface area (Å²) in [7, 11) is 0. The number of carbonyl (C=O) groups excluding carboxylic acids is 4. The van der Waals surface area contributed by atoms with E-state index in [4.69, 9.17) is 16.9 Å². The lowest BCUT2D eigenvalue weighted by molar-refractivity contribution is -0.136. The van der Waals surface area contributed by atoms with Crippen LogP contribution in [0.5, 0.6) is 0 Å². The number of anilines is 2. The van der Waals surface area contributed by atoms with Crippen molar-refractivity contribution in [3.8, 4) is 6.07 Å². The maximum absolute atomic E-state index is 13.3. The van der Waals surface area contributed by atoms with E-state index in [-0.39, 0.29) is 24.0 Å². The van der Waals surface area contributed by atoms with Gasteiger partial charge in [0.05, 0.1) is 33.5 Å². The van der Waals surface area contributed by atoms with Gasteiger partial charge < -0.3 is 10.2 Å². The molecule has 3 aromatic rings. The number of hydrogen-bond donors (Lipinski definition) is 2. The molecule has 10 nitrogen and oxygen atoms in total. The summed E-state index contributed by atoms with van der Waals surface area (Å²) in [4.78, 5) is 56.1. The molecule has 2 atom stereocenters. The molecule has 44 heavy (non-hydrogen) atoms. The highest BCUT2D eigenvalue weighted by atomic mass is 35.5. The molecule has 2 N–H and O–H groups in total. The minimum Gasteiger partial charge on any atom is -0.380 e. The zero-order chi connectivity index (χ0) is 31.0. The number of fused-ring (bicyclic) bond motifs is 1. The van der Waals surface area contributed by atoms with Gasteiger partial charge in [0.25, 0.3) is 11.8 Å². The SMILES string of the molecule is CC1CN(c2ccc(C#N)cc2Cl)CCN1Cc1ccc(CNc2cccc3c2C(=O)N(C2CCC(=O)NC2=O)C3=O)cc1. The average Bonchev–Trinajstić information content (AvgIpc) is 3.27. The summed E-state index contributed by atoms with van der Waals surface area (Å²) in [5, 5.41) is 15.2. The van der Waals surface area contributed by atoms with Crippen LogP contribution in [0.2, 0.25) is 5.02 Å². The van der Waals surface area contributed by atoms with Crippen molar-refractivity contribution in [2.75, 3.05) is 29.9 Å². The highest BCUT2D eigenvalue weighted by Crippen LogP contribution is 2.33. The van der Waals surface area contributed by atoms with Crippen LogP contribution in [0, 0.1) is 11.3 Å². The van der Waals surface area contributed by atoms with Crippen molar-refractivity contribution in [3.05, 3.63) is 93.5 Å². The van der Waals surface area contributed by atoms with Crippen LogP contribution in [0.3, 0.4) is 0 Å². The third kappa shape index (κ3) is 5.64. The van der Waals surface area contributed by atoms with Gasteiger partial charge in [-0.15, -0.1) is 0 Å². The second-order valence-corrected chi connectivity index (χ2v) is 11.8. The second kappa shape index (κ2) is 12.1. The quantitative estimate of drug-likeness (QED) is 0.386. The first-order chi connectivity index (χ1) is 21.2. The molecule has 3 aromatic carbocycles. The molecule has 0 saturated carbocycles. The molecule has 0 aliphatic carbocycles. The van der Waals surface area contributed by atoms with Gasteiger partial charge in [-0.05, 0) is 54.8 Å². The number of imide groups is 2. The van der Waals surface area contributed by atoms with Crippen molar-refractivity contribution in [2.45, 2.75) is 44.9 Å². The molecule has 2 saturated heterocycles. The molecule has 6 rings (SSSR count). The molecule has 0 aromatic heterocycles. The first kappa shape index (κ1) is 29.4. The fourth-order valence-electron chi connectivity index (χ4n) is 6.14. The monoisotopic (exact) mass is 610 g/mol. The number of piperidine rings is 1. The summed E-state index contributed by atoms with van der Waals surface area (Å²) in [6.07, 6.45) is 0.193. The van der Waals surface area contributed by atoms with Gasteiger partial charge in [-0.25, -0.2) is 0 Å². The molecule has 2 fully saturated rings. The number of hydrogen-bond acceptors (Lipinski definition) is 8. The summed E-state index contributed by atoms with van der Waals surface area (Å²) >= 11 is 6.45. The van der Waals surface area contributed by atoms with Gasteiger partial charge in [0.15, 0.2) is 0 Å². The Labute approximate surface area is 260 Å². The average molecular weight is 611 g/mol. The standard InChI is InChI=1S/C33H31ClN6O4/c1-20-18-39(27-10-9-23(16-35)15-25(27)34)14-13-38(20)19-22-7-5-21(6-8-22)17-36-26-4-2-3-24-30(26)33(44)40(32(24)43)28-11-12-29(41)37-31(28)42/h2-10,15,20,28,36H,11-14,17-19H2,1H3,(H,37,41,42). The van der Waals surface area contributed by atoms with Gasteiger partial charge in [-0.2, -0.15) is 5.26 Å². The Kier molecular flexibility index (Phi) is 8.08. The molecule has 11 heteroatoms. The van der Waals surface area contributed by atoms with E-state index in [9.17, 15) is 19.2 Å². The topological polar surface area (TPSA) is 126 Å². The largest absolute Gasteiger partial charge is 0.380 e. The van der Waals surface area contributed by atoms with Crippen molar-refractivity contribution < 1.29 is 19.2 Å². The number of nitriles is 1. The van der Waals surface area contributed by atoms with Gasteiger partial charge >= 0.3 is 0 Å². The van der Waals surface area contributed by atoms with Crippen molar-refractivity contribution in [2.24, 2.45) is 0 Å². The van der Waals surface area contributed by atoms with Gasteiger partial charge in [0.1, 0.15) is 6.04 Å². The first-order valence-corrected chi connectivity index (χ1v) is 15.0. The Morgan fingerprint density at radius 1 is 1.00 bits per heavy atom. The number of amides is 4. The highest BCUT2D eigenvalue weighted by molar-refractivity contribution is 6.33. The summed E-state index contributed by atoms with van der Waals surface area (Å²) in [6.45, 7) is 5.99. The summed E-state index contributed by atoms with van der Waals surface area (Å²) in [5.41, 5.74) is 4.72. The second-order valence-electron chi connectivity index (χ2n) is 11.4. The van der Waals surface area contributed by atoms with E-state index in [2.05, 4.69) is 45.6 Å². The summed E-state index contributed by atoms with van der Waals surface area (Å²) < 4.78 is 0. The highest BCUT2D eigenvalue weighted by Gasteiger charge is 2.45. The van der Waals surface area contributed by atoms with Crippen molar-refractivity contribution in [1.29, 1.82) is 5.26 Å². The Balaban J connectivity index is 1.06. The van der Waals surface area contributed by atoms with Crippen molar-refractivity contribution in [3.63, 3.8) is 0 Å². The maximum Gasteiger partial charge on any atom is 0.264 e. The lowest BCUT2D eigenvalue weighted by Crippen LogP contribution is -2.54. The van der Waals surface area contributed by atoms with E-state index in [0.29, 0.717) is 28.9 Å². The molecule has 0 spiro atoms.